The molecule has 1 aliphatic heterocycles. The Morgan fingerprint density at radius 3 is 1.67 bits per heavy atom. The standard InChI is InChI=1S/C27H28O6/c28-24-26(32-18-22-14-8-3-9-15-22)25(31-17-21-12-6-2-7-13-21)23(33-27(24)29)19-30-16-20-10-4-1-5-11-20/h1-15,23,25-26,28-29H,16-19H2/t23-,25+,26-/m1/s1. The molecule has 0 spiro atoms. The van der Waals surface area contributed by atoms with Crippen LogP contribution in [0, 0.1) is 0 Å². The molecule has 0 unspecified atom stereocenters. The van der Waals surface area contributed by atoms with Crippen LogP contribution < -0.4 is 0 Å². The molecule has 0 amide bonds. The molecule has 0 bridgehead atoms. The number of rotatable bonds is 10. The van der Waals surface area contributed by atoms with Gasteiger partial charge in [-0.25, -0.2) is 0 Å². The topological polar surface area (TPSA) is 77.4 Å². The number of hydrogen-bond donors (Lipinski definition) is 2. The summed E-state index contributed by atoms with van der Waals surface area (Å²) in [5, 5.41) is 20.8. The predicted octanol–water partition coefficient (Wildman–Crippen LogP) is 5.06. The summed E-state index contributed by atoms with van der Waals surface area (Å²) in [7, 11) is 0. The fraction of sp³-hybridized carbons (Fsp3) is 0.259. The van der Waals surface area contributed by atoms with E-state index in [1.165, 1.54) is 0 Å². The first-order chi connectivity index (χ1) is 16.2. The zero-order valence-corrected chi connectivity index (χ0v) is 18.2. The summed E-state index contributed by atoms with van der Waals surface area (Å²) in [4.78, 5) is 0. The van der Waals surface area contributed by atoms with Crippen LogP contribution in [0.4, 0.5) is 0 Å². The Labute approximate surface area is 193 Å². The molecule has 3 aromatic carbocycles. The Hall–Kier alpha value is -3.32. The molecule has 6 nitrogen and oxygen atoms in total. The lowest BCUT2D eigenvalue weighted by Gasteiger charge is -2.36. The SMILES string of the molecule is OC1=C(O)[C@@H](OCc2ccccc2)[C@@H](OCc2ccccc2)[C@@H](COCc2ccccc2)O1. The molecule has 1 aliphatic rings. The highest BCUT2D eigenvalue weighted by Gasteiger charge is 2.42. The van der Waals surface area contributed by atoms with Crippen LogP contribution >= 0.6 is 0 Å². The summed E-state index contributed by atoms with van der Waals surface area (Å²) in [6, 6.07) is 29.1. The molecule has 0 radical (unpaired) electrons. The van der Waals surface area contributed by atoms with Crippen molar-refractivity contribution in [1.29, 1.82) is 0 Å². The second kappa shape index (κ2) is 11.5. The number of aliphatic hydroxyl groups is 2. The minimum Gasteiger partial charge on any atom is -0.504 e. The van der Waals surface area contributed by atoms with Crippen LogP contribution in [0.1, 0.15) is 16.7 Å². The van der Waals surface area contributed by atoms with Crippen LogP contribution in [0.5, 0.6) is 0 Å². The lowest BCUT2D eigenvalue weighted by molar-refractivity contribution is -0.185. The van der Waals surface area contributed by atoms with E-state index in [0.29, 0.717) is 13.2 Å². The summed E-state index contributed by atoms with van der Waals surface area (Å²) in [5.74, 6) is -0.954. The molecule has 0 aromatic heterocycles. The predicted molar refractivity (Wildman–Crippen MR) is 123 cm³/mol. The first-order valence-electron chi connectivity index (χ1n) is 10.9. The first-order valence-corrected chi connectivity index (χ1v) is 10.9. The molecule has 172 valence electrons. The molecule has 2 N–H and O–H groups in total. The van der Waals surface area contributed by atoms with Crippen molar-refractivity contribution in [1.82, 2.24) is 0 Å². The molecular formula is C27H28O6. The maximum Gasteiger partial charge on any atom is 0.319 e. The Morgan fingerprint density at radius 2 is 1.12 bits per heavy atom. The van der Waals surface area contributed by atoms with Crippen LogP contribution in [0.25, 0.3) is 0 Å². The lowest BCUT2D eigenvalue weighted by Crippen LogP contribution is -2.49. The van der Waals surface area contributed by atoms with Crippen molar-refractivity contribution < 1.29 is 29.2 Å². The minimum atomic E-state index is -0.909. The molecule has 33 heavy (non-hydrogen) atoms. The van der Waals surface area contributed by atoms with Crippen molar-refractivity contribution in [2.75, 3.05) is 6.61 Å². The zero-order valence-electron chi connectivity index (χ0n) is 18.2. The van der Waals surface area contributed by atoms with Gasteiger partial charge in [0.1, 0.15) is 6.10 Å². The van der Waals surface area contributed by atoms with E-state index in [0.717, 1.165) is 16.7 Å². The molecule has 4 rings (SSSR count). The molecule has 0 saturated heterocycles. The molecule has 3 aromatic rings. The molecule has 0 aliphatic carbocycles. The van der Waals surface area contributed by atoms with Crippen molar-refractivity contribution in [3.8, 4) is 0 Å². The van der Waals surface area contributed by atoms with Gasteiger partial charge in [-0.3, -0.25) is 0 Å². The van der Waals surface area contributed by atoms with Crippen LogP contribution in [0.15, 0.2) is 103 Å². The van der Waals surface area contributed by atoms with Crippen LogP contribution in [0.3, 0.4) is 0 Å². The highest BCUT2D eigenvalue weighted by Crippen LogP contribution is 2.29. The van der Waals surface area contributed by atoms with Crippen LogP contribution in [-0.4, -0.2) is 35.1 Å². The first kappa shape index (κ1) is 22.9. The summed E-state index contributed by atoms with van der Waals surface area (Å²) >= 11 is 0. The van der Waals surface area contributed by atoms with Gasteiger partial charge < -0.3 is 29.2 Å². The summed E-state index contributed by atoms with van der Waals surface area (Å²) in [5.41, 5.74) is 2.94. The van der Waals surface area contributed by atoms with Crippen molar-refractivity contribution in [2.24, 2.45) is 0 Å². The third kappa shape index (κ3) is 6.35. The van der Waals surface area contributed by atoms with E-state index in [1.807, 2.05) is 91.0 Å². The van der Waals surface area contributed by atoms with Gasteiger partial charge in [-0.2, -0.15) is 0 Å². The van der Waals surface area contributed by atoms with Gasteiger partial charge in [0.2, 0.25) is 5.76 Å². The van der Waals surface area contributed by atoms with Gasteiger partial charge in [0.25, 0.3) is 0 Å². The lowest BCUT2D eigenvalue weighted by atomic mass is 10.0. The Kier molecular flexibility index (Phi) is 7.98. The normalized spacial score (nSPS) is 20.4. The molecule has 0 saturated carbocycles. The van der Waals surface area contributed by atoms with Crippen molar-refractivity contribution in [2.45, 2.75) is 38.1 Å². The average Bonchev–Trinajstić information content (AvgIpc) is 2.86. The number of hydrogen-bond acceptors (Lipinski definition) is 6. The Morgan fingerprint density at radius 1 is 0.636 bits per heavy atom. The van der Waals surface area contributed by atoms with E-state index in [9.17, 15) is 10.2 Å². The number of aliphatic hydroxyl groups excluding tert-OH is 2. The second-order valence-electron chi connectivity index (χ2n) is 7.83. The van der Waals surface area contributed by atoms with Gasteiger partial charge in [-0.1, -0.05) is 91.0 Å². The van der Waals surface area contributed by atoms with E-state index in [-0.39, 0.29) is 19.0 Å². The highest BCUT2D eigenvalue weighted by molar-refractivity contribution is 5.17. The molecule has 1 heterocycles. The largest absolute Gasteiger partial charge is 0.504 e. The molecule has 0 fully saturated rings. The number of benzene rings is 3. The van der Waals surface area contributed by atoms with E-state index < -0.39 is 24.3 Å². The third-order valence-corrected chi connectivity index (χ3v) is 5.37. The molecule has 3 atom stereocenters. The third-order valence-electron chi connectivity index (χ3n) is 5.37. The van der Waals surface area contributed by atoms with Gasteiger partial charge in [0.15, 0.2) is 12.2 Å². The minimum absolute atomic E-state index is 0.150. The highest BCUT2D eigenvalue weighted by atomic mass is 16.6. The van der Waals surface area contributed by atoms with Gasteiger partial charge >= 0.3 is 5.95 Å². The van der Waals surface area contributed by atoms with Gasteiger partial charge in [0.05, 0.1) is 26.4 Å². The second-order valence-corrected chi connectivity index (χ2v) is 7.83. The molecule has 6 heteroatoms. The Balaban J connectivity index is 1.48. The van der Waals surface area contributed by atoms with Crippen LogP contribution in [-0.2, 0) is 38.8 Å². The monoisotopic (exact) mass is 448 g/mol. The quantitative estimate of drug-likeness (QED) is 0.452. The van der Waals surface area contributed by atoms with E-state index in [1.54, 1.807) is 0 Å². The van der Waals surface area contributed by atoms with Crippen molar-refractivity contribution >= 4 is 0 Å². The maximum atomic E-state index is 10.6. The van der Waals surface area contributed by atoms with Gasteiger partial charge in [-0.15, -0.1) is 0 Å². The van der Waals surface area contributed by atoms with Crippen molar-refractivity contribution in [3.63, 3.8) is 0 Å². The summed E-state index contributed by atoms with van der Waals surface area (Å²) < 4.78 is 23.6. The van der Waals surface area contributed by atoms with E-state index in [2.05, 4.69) is 0 Å². The average molecular weight is 449 g/mol. The fourth-order valence-corrected chi connectivity index (χ4v) is 3.63. The van der Waals surface area contributed by atoms with Crippen molar-refractivity contribution in [3.05, 3.63) is 119 Å². The summed E-state index contributed by atoms with van der Waals surface area (Å²) in [6.45, 7) is 1.07. The maximum absolute atomic E-state index is 10.6. The van der Waals surface area contributed by atoms with Gasteiger partial charge in [0, 0.05) is 0 Å². The van der Waals surface area contributed by atoms with E-state index in [4.69, 9.17) is 18.9 Å². The van der Waals surface area contributed by atoms with Gasteiger partial charge in [-0.05, 0) is 16.7 Å². The molecular weight excluding hydrogens is 420 g/mol. The zero-order chi connectivity index (χ0) is 22.9. The number of ether oxygens (including phenoxy) is 4. The van der Waals surface area contributed by atoms with Crippen LogP contribution in [0.2, 0.25) is 0 Å². The summed E-state index contributed by atoms with van der Waals surface area (Å²) in [6.07, 6.45) is -2.28. The Bertz CT molecular complexity index is 1010. The smallest absolute Gasteiger partial charge is 0.319 e. The van der Waals surface area contributed by atoms with E-state index >= 15 is 0 Å². The fourth-order valence-electron chi connectivity index (χ4n) is 3.63.